The molecule has 12 heavy (non-hydrogen) atoms. The van der Waals surface area contributed by atoms with E-state index in [0.29, 0.717) is 0 Å². The molecule has 1 N–H and O–H groups in total. The van der Waals surface area contributed by atoms with Gasteiger partial charge in [0, 0.05) is 0 Å². The maximum Gasteiger partial charge on any atom is -0.00174 e. The second kappa shape index (κ2) is 3.37. The minimum absolute atomic E-state index is 0.926. The van der Waals surface area contributed by atoms with Crippen molar-refractivity contribution in [2.45, 2.75) is 33.1 Å². The van der Waals surface area contributed by atoms with E-state index in [1.54, 1.807) is 0 Å². The van der Waals surface area contributed by atoms with Crippen LogP contribution in [0.2, 0.25) is 0 Å². The summed E-state index contributed by atoms with van der Waals surface area (Å²) in [7, 11) is 0. The van der Waals surface area contributed by atoms with Crippen molar-refractivity contribution in [2.75, 3.05) is 13.1 Å². The van der Waals surface area contributed by atoms with Crippen LogP contribution in [0.5, 0.6) is 0 Å². The van der Waals surface area contributed by atoms with Crippen molar-refractivity contribution >= 4 is 0 Å². The van der Waals surface area contributed by atoms with Crippen molar-refractivity contribution in [3.05, 3.63) is 0 Å². The molecular formula is C11H21N. The normalized spacial score (nSPS) is 41.8. The lowest BCUT2D eigenvalue weighted by Gasteiger charge is -2.41. The van der Waals surface area contributed by atoms with Gasteiger partial charge in [-0.15, -0.1) is 0 Å². The van der Waals surface area contributed by atoms with E-state index in [4.69, 9.17) is 0 Å². The quantitative estimate of drug-likeness (QED) is 0.665. The SMILES string of the molecule is CC(C)C1CC(C2CCNC2)C1. The molecule has 0 aromatic rings. The highest BCUT2D eigenvalue weighted by molar-refractivity contribution is 4.89. The average molecular weight is 167 g/mol. The van der Waals surface area contributed by atoms with E-state index in [1.165, 1.54) is 32.4 Å². The Hall–Kier alpha value is -0.0400. The molecule has 0 aromatic heterocycles. The fourth-order valence-electron chi connectivity index (χ4n) is 2.72. The summed E-state index contributed by atoms with van der Waals surface area (Å²) >= 11 is 0. The minimum atomic E-state index is 0.926. The van der Waals surface area contributed by atoms with Crippen LogP contribution in [0, 0.1) is 23.7 Å². The average Bonchev–Trinajstić information content (AvgIpc) is 2.34. The van der Waals surface area contributed by atoms with E-state index in [-0.39, 0.29) is 0 Å². The molecule has 1 heteroatoms. The minimum Gasteiger partial charge on any atom is -0.316 e. The molecule has 1 aliphatic heterocycles. The van der Waals surface area contributed by atoms with Gasteiger partial charge in [0.2, 0.25) is 0 Å². The van der Waals surface area contributed by atoms with E-state index in [9.17, 15) is 0 Å². The molecule has 0 aromatic carbocycles. The van der Waals surface area contributed by atoms with Crippen LogP contribution in [0.1, 0.15) is 33.1 Å². The van der Waals surface area contributed by atoms with Gasteiger partial charge in [0.25, 0.3) is 0 Å². The van der Waals surface area contributed by atoms with Gasteiger partial charge in [0.15, 0.2) is 0 Å². The van der Waals surface area contributed by atoms with Crippen LogP contribution < -0.4 is 5.32 Å². The largest absolute Gasteiger partial charge is 0.316 e. The van der Waals surface area contributed by atoms with E-state index in [1.807, 2.05) is 0 Å². The van der Waals surface area contributed by atoms with E-state index in [0.717, 1.165) is 23.7 Å². The summed E-state index contributed by atoms with van der Waals surface area (Å²) in [5.74, 6) is 4.08. The van der Waals surface area contributed by atoms with Crippen LogP contribution in [0.25, 0.3) is 0 Å². The molecule has 1 heterocycles. The zero-order chi connectivity index (χ0) is 8.55. The molecule has 2 rings (SSSR count). The Kier molecular flexibility index (Phi) is 2.40. The van der Waals surface area contributed by atoms with Gasteiger partial charge in [-0.2, -0.15) is 0 Å². The Balaban J connectivity index is 1.73. The van der Waals surface area contributed by atoms with Crippen molar-refractivity contribution in [1.29, 1.82) is 0 Å². The molecule has 1 saturated carbocycles. The van der Waals surface area contributed by atoms with Gasteiger partial charge in [-0.1, -0.05) is 13.8 Å². The van der Waals surface area contributed by atoms with Gasteiger partial charge in [-0.3, -0.25) is 0 Å². The van der Waals surface area contributed by atoms with Crippen molar-refractivity contribution in [2.24, 2.45) is 23.7 Å². The maximum absolute atomic E-state index is 3.47. The molecule has 1 nitrogen and oxygen atoms in total. The molecule has 1 atom stereocenters. The van der Waals surface area contributed by atoms with Crippen molar-refractivity contribution < 1.29 is 0 Å². The molecule has 2 aliphatic rings. The summed E-state index contributed by atoms with van der Waals surface area (Å²) in [6.45, 7) is 7.31. The molecule has 1 unspecified atom stereocenters. The van der Waals surface area contributed by atoms with Crippen LogP contribution in [0.15, 0.2) is 0 Å². The lowest BCUT2D eigenvalue weighted by Crippen LogP contribution is -2.33. The van der Waals surface area contributed by atoms with Gasteiger partial charge in [-0.25, -0.2) is 0 Å². The molecular weight excluding hydrogens is 146 g/mol. The first kappa shape index (κ1) is 8.55. The number of hydrogen-bond donors (Lipinski definition) is 1. The summed E-state index contributed by atoms with van der Waals surface area (Å²) in [5, 5.41) is 3.47. The maximum atomic E-state index is 3.47. The smallest absolute Gasteiger partial charge is 0.00174 e. The Morgan fingerprint density at radius 3 is 2.42 bits per heavy atom. The second-order valence-electron chi connectivity index (χ2n) is 4.99. The summed E-state index contributed by atoms with van der Waals surface area (Å²) < 4.78 is 0. The van der Waals surface area contributed by atoms with E-state index >= 15 is 0 Å². The van der Waals surface area contributed by atoms with Gasteiger partial charge in [-0.05, 0) is 56.0 Å². The predicted molar refractivity (Wildman–Crippen MR) is 52.0 cm³/mol. The Labute approximate surface area is 75.9 Å². The monoisotopic (exact) mass is 167 g/mol. The van der Waals surface area contributed by atoms with Crippen molar-refractivity contribution in [1.82, 2.24) is 5.32 Å². The van der Waals surface area contributed by atoms with E-state index in [2.05, 4.69) is 19.2 Å². The first-order valence-electron chi connectivity index (χ1n) is 5.48. The highest BCUT2D eigenvalue weighted by Gasteiger charge is 2.36. The van der Waals surface area contributed by atoms with Crippen LogP contribution in [0.4, 0.5) is 0 Å². The Morgan fingerprint density at radius 2 is 1.92 bits per heavy atom. The zero-order valence-electron chi connectivity index (χ0n) is 8.34. The van der Waals surface area contributed by atoms with Crippen LogP contribution in [-0.4, -0.2) is 13.1 Å². The third-order valence-electron chi connectivity index (χ3n) is 3.92. The molecule has 0 amide bonds. The van der Waals surface area contributed by atoms with Gasteiger partial charge >= 0.3 is 0 Å². The highest BCUT2D eigenvalue weighted by atomic mass is 14.9. The summed E-state index contributed by atoms with van der Waals surface area (Å²) in [4.78, 5) is 0. The first-order valence-corrected chi connectivity index (χ1v) is 5.48. The van der Waals surface area contributed by atoms with Crippen LogP contribution >= 0.6 is 0 Å². The lowest BCUT2D eigenvalue weighted by atomic mass is 9.64. The molecule has 70 valence electrons. The van der Waals surface area contributed by atoms with Crippen molar-refractivity contribution in [3.63, 3.8) is 0 Å². The standard InChI is InChI=1S/C11H21N/c1-8(2)10-5-11(6-10)9-3-4-12-7-9/h8-12H,3-7H2,1-2H3. The number of hydrogen-bond acceptors (Lipinski definition) is 1. The highest BCUT2D eigenvalue weighted by Crippen LogP contribution is 2.44. The topological polar surface area (TPSA) is 12.0 Å². The fraction of sp³-hybridized carbons (Fsp3) is 1.00. The molecule has 0 spiro atoms. The summed E-state index contributed by atoms with van der Waals surface area (Å²) in [6, 6.07) is 0. The fourth-order valence-corrected chi connectivity index (χ4v) is 2.72. The molecule has 0 radical (unpaired) electrons. The molecule has 2 fully saturated rings. The number of nitrogens with one attached hydrogen (secondary N) is 1. The predicted octanol–water partition coefficient (Wildman–Crippen LogP) is 2.28. The second-order valence-corrected chi connectivity index (χ2v) is 4.99. The third kappa shape index (κ3) is 1.52. The van der Waals surface area contributed by atoms with E-state index < -0.39 is 0 Å². The summed E-state index contributed by atoms with van der Waals surface area (Å²) in [5.41, 5.74) is 0. The third-order valence-corrected chi connectivity index (χ3v) is 3.92. The Bertz CT molecular complexity index is 141. The van der Waals surface area contributed by atoms with Gasteiger partial charge in [0.05, 0.1) is 0 Å². The molecule has 0 bridgehead atoms. The van der Waals surface area contributed by atoms with Gasteiger partial charge < -0.3 is 5.32 Å². The molecule has 1 aliphatic carbocycles. The van der Waals surface area contributed by atoms with Crippen LogP contribution in [0.3, 0.4) is 0 Å². The summed E-state index contributed by atoms with van der Waals surface area (Å²) in [6.07, 6.45) is 4.48. The van der Waals surface area contributed by atoms with Crippen molar-refractivity contribution in [3.8, 4) is 0 Å². The van der Waals surface area contributed by atoms with Gasteiger partial charge in [0.1, 0.15) is 0 Å². The lowest BCUT2D eigenvalue weighted by molar-refractivity contribution is 0.0955. The Morgan fingerprint density at radius 1 is 1.17 bits per heavy atom. The molecule has 1 saturated heterocycles. The zero-order valence-corrected chi connectivity index (χ0v) is 8.34. The first-order chi connectivity index (χ1) is 5.77. The number of rotatable bonds is 2. The van der Waals surface area contributed by atoms with Crippen LogP contribution in [-0.2, 0) is 0 Å².